The van der Waals surface area contributed by atoms with E-state index < -0.39 is 48.0 Å². The molecule has 0 bridgehead atoms. The highest BCUT2D eigenvalue weighted by molar-refractivity contribution is 5.96. The van der Waals surface area contributed by atoms with Crippen molar-refractivity contribution in [1.82, 2.24) is 20.4 Å². The number of likely N-dealkylation sites (tertiary alicyclic amines) is 2. The lowest BCUT2D eigenvalue weighted by molar-refractivity contribution is -0.149. The number of rotatable bonds is 9. The zero-order chi connectivity index (χ0) is 25.7. The van der Waals surface area contributed by atoms with Crippen LogP contribution in [0.25, 0.3) is 0 Å². The zero-order valence-corrected chi connectivity index (χ0v) is 20.7. The van der Waals surface area contributed by atoms with E-state index in [1.807, 2.05) is 27.7 Å². The summed E-state index contributed by atoms with van der Waals surface area (Å²) in [4.78, 5) is 66.1. The molecule has 5 atom stereocenters. The molecular weight excluding hydrogens is 442 g/mol. The first kappa shape index (κ1) is 27.6. The van der Waals surface area contributed by atoms with Gasteiger partial charge in [0.25, 0.3) is 0 Å². The second kappa shape index (κ2) is 11.6. The van der Waals surface area contributed by atoms with Crippen LogP contribution < -0.4 is 16.4 Å². The van der Waals surface area contributed by atoms with Gasteiger partial charge in [-0.05, 0) is 44.4 Å². The van der Waals surface area contributed by atoms with E-state index in [4.69, 9.17) is 10.8 Å². The standard InChI is InChI=1S/C23H39N5O6/c1-12(2)17(24)20(30)26-18(13(3)4)22(32)28-11-7-9-16(28)21(31)27-10-6-8-15(27)19(29)25-14(5)23(33)34/h12-18H,6-11,24H2,1-5H3,(H,25,29)(H,26,30)(H,33,34)/t14-,15-,16-,17-,18-/m0/s1. The summed E-state index contributed by atoms with van der Waals surface area (Å²) in [6.45, 7) is 9.40. The number of nitrogens with one attached hydrogen (secondary N) is 2. The van der Waals surface area contributed by atoms with Crippen molar-refractivity contribution < 1.29 is 29.1 Å². The maximum atomic E-state index is 13.4. The van der Waals surface area contributed by atoms with Crippen LogP contribution in [-0.4, -0.2) is 87.8 Å². The summed E-state index contributed by atoms with van der Waals surface area (Å²) in [5.41, 5.74) is 5.94. The van der Waals surface area contributed by atoms with E-state index >= 15 is 0 Å². The molecule has 2 fully saturated rings. The van der Waals surface area contributed by atoms with Crippen molar-refractivity contribution >= 4 is 29.6 Å². The van der Waals surface area contributed by atoms with Gasteiger partial charge >= 0.3 is 5.97 Å². The van der Waals surface area contributed by atoms with Crippen molar-refractivity contribution in [2.75, 3.05) is 13.1 Å². The van der Waals surface area contributed by atoms with Gasteiger partial charge in [-0.3, -0.25) is 24.0 Å². The van der Waals surface area contributed by atoms with Crippen LogP contribution >= 0.6 is 0 Å². The lowest BCUT2D eigenvalue weighted by Gasteiger charge is -2.34. The number of carbonyl (C=O) groups excluding carboxylic acids is 4. The molecule has 2 heterocycles. The average molecular weight is 482 g/mol. The van der Waals surface area contributed by atoms with Crippen LogP contribution in [0.3, 0.4) is 0 Å². The Bertz CT molecular complexity index is 801. The van der Waals surface area contributed by atoms with Gasteiger partial charge in [-0.15, -0.1) is 0 Å². The lowest BCUT2D eigenvalue weighted by Crippen LogP contribution is -2.59. The quantitative estimate of drug-likeness (QED) is 0.351. The fraction of sp³-hybridized carbons (Fsp3) is 0.783. The molecule has 0 aromatic heterocycles. The number of hydrogen-bond donors (Lipinski definition) is 4. The topological polar surface area (TPSA) is 162 Å². The minimum absolute atomic E-state index is 0.0916. The van der Waals surface area contributed by atoms with Gasteiger partial charge in [0, 0.05) is 13.1 Å². The molecular formula is C23H39N5O6. The molecule has 4 amide bonds. The molecule has 5 N–H and O–H groups in total. The monoisotopic (exact) mass is 481 g/mol. The summed E-state index contributed by atoms with van der Waals surface area (Å²) in [5, 5.41) is 14.3. The van der Waals surface area contributed by atoms with E-state index in [1.54, 1.807) is 0 Å². The Labute approximate surface area is 200 Å². The first-order chi connectivity index (χ1) is 15.9. The van der Waals surface area contributed by atoms with E-state index in [9.17, 15) is 24.0 Å². The molecule has 0 spiro atoms. The van der Waals surface area contributed by atoms with Crippen LogP contribution in [0.4, 0.5) is 0 Å². The van der Waals surface area contributed by atoms with Crippen molar-refractivity contribution in [2.24, 2.45) is 17.6 Å². The second-order valence-electron chi connectivity index (χ2n) is 9.95. The predicted molar refractivity (Wildman–Crippen MR) is 124 cm³/mol. The Morgan fingerprint density at radius 1 is 0.853 bits per heavy atom. The molecule has 2 saturated heterocycles. The van der Waals surface area contributed by atoms with Crippen LogP contribution in [0.15, 0.2) is 0 Å². The summed E-state index contributed by atoms with van der Waals surface area (Å²) in [5.74, 6) is -3.04. The van der Waals surface area contributed by atoms with Crippen LogP contribution in [0.1, 0.15) is 60.3 Å². The average Bonchev–Trinajstić information content (AvgIpc) is 3.45. The summed E-state index contributed by atoms with van der Waals surface area (Å²) < 4.78 is 0. The minimum Gasteiger partial charge on any atom is -0.480 e. The highest BCUT2D eigenvalue weighted by Gasteiger charge is 2.44. The molecule has 2 rings (SSSR count). The highest BCUT2D eigenvalue weighted by Crippen LogP contribution is 2.26. The number of nitrogens with two attached hydrogens (primary N) is 1. The van der Waals surface area contributed by atoms with Crippen molar-refractivity contribution in [3.63, 3.8) is 0 Å². The fourth-order valence-corrected chi connectivity index (χ4v) is 4.40. The van der Waals surface area contributed by atoms with Crippen LogP contribution in [-0.2, 0) is 24.0 Å². The molecule has 0 aromatic carbocycles. The lowest BCUT2D eigenvalue weighted by atomic mass is 9.99. The number of carboxylic acid groups (broad SMARTS) is 1. The summed E-state index contributed by atoms with van der Waals surface area (Å²) in [6.07, 6.45) is 2.14. The molecule has 2 aliphatic heterocycles. The van der Waals surface area contributed by atoms with Crippen LogP contribution in [0.5, 0.6) is 0 Å². The third-order valence-corrected chi connectivity index (χ3v) is 6.64. The van der Waals surface area contributed by atoms with Crippen molar-refractivity contribution in [2.45, 2.75) is 90.5 Å². The first-order valence-corrected chi connectivity index (χ1v) is 12.1. The molecule has 11 nitrogen and oxygen atoms in total. The predicted octanol–water partition coefficient (Wildman–Crippen LogP) is -0.318. The SMILES string of the molecule is CC(C)[C@H](N)C(=O)N[C@H](C(=O)N1CCC[C@H]1C(=O)N1CCC[C@H]1C(=O)N[C@@H](C)C(=O)O)C(C)C. The summed E-state index contributed by atoms with van der Waals surface area (Å²) in [7, 11) is 0. The Morgan fingerprint density at radius 2 is 1.41 bits per heavy atom. The van der Waals surface area contributed by atoms with E-state index in [1.165, 1.54) is 16.7 Å². The summed E-state index contributed by atoms with van der Waals surface area (Å²) >= 11 is 0. The Balaban J connectivity index is 2.15. The largest absolute Gasteiger partial charge is 0.480 e. The molecule has 0 aromatic rings. The van der Waals surface area contributed by atoms with Crippen molar-refractivity contribution in [3.05, 3.63) is 0 Å². The minimum atomic E-state index is -1.16. The maximum absolute atomic E-state index is 13.4. The molecule has 34 heavy (non-hydrogen) atoms. The fourth-order valence-electron chi connectivity index (χ4n) is 4.40. The first-order valence-electron chi connectivity index (χ1n) is 12.1. The van der Waals surface area contributed by atoms with Crippen molar-refractivity contribution in [1.29, 1.82) is 0 Å². The maximum Gasteiger partial charge on any atom is 0.325 e. The molecule has 0 aliphatic carbocycles. The third kappa shape index (κ3) is 6.25. The Hall–Kier alpha value is -2.69. The third-order valence-electron chi connectivity index (χ3n) is 6.64. The molecule has 192 valence electrons. The van der Waals surface area contributed by atoms with Gasteiger partial charge in [0.1, 0.15) is 24.2 Å². The molecule has 2 aliphatic rings. The van der Waals surface area contributed by atoms with E-state index in [0.717, 1.165) is 0 Å². The van der Waals surface area contributed by atoms with E-state index in [-0.39, 0.29) is 23.7 Å². The van der Waals surface area contributed by atoms with Gasteiger partial charge < -0.3 is 31.3 Å². The zero-order valence-electron chi connectivity index (χ0n) is 20.7. The highest BCUT2D eigenvalue weighted by atomic mass is 16.4. The normalized spacial score (nSPS) is 23.1. The summed E-state index contributed by atoms with van der Waals surface area (Å²) in [6, 6.07) is -4.13. The molecule has 0 unspecified atom stereocenters. The van der Waals surface area contributed by atoms with Gasteiger partial charge in [-0.25, -0.2) is 0 Å². The van der Waals surface area contributed by atoms with E-state index in [0.29, 0.717) is 38.8 Å². The second-order valence-corrected chi connectivity index (χ2v) is 9.95. The van der Waals surface area contributed by atoms with Crippen LogP contribution in [0, 0.1) is 11.8 Å². The molecule has 0 saturated carbocycles. The van der Waals surface area contributed by atoms with Gasteiger partial charge in [-0.1, -0.05) is 27.7 Å². The number of nitrogens with zero attached hydrogens (tertiary/aromatic N) is 2. The number of carboxylic acids is 1. The van der Waals surface area contributed by atoms with E-state index in [2.05, 4.69) is 10.6 Å². The number of aliphatic carboxylic acids is 1. The van der Waals surface area contributed by atoms with Gasteiger partial charge in [0.15, 0.2) is 0 Å². The number of hydrogen-bond acceptors (Lipinski definition) is 6. The Morgan fingerprint density at radius 3 is 1.94 bits per heavy atom. The number of amides is 4. The van der Waals surface area contributed by atoms with Gasteiger partial charge in [0.2, 0.25) is 23.6 Å². The van der Waals surface area contributed by atoms with Crippen molar-refractivity contribution in [3.8, 4) is 0 Å². The van der Waals surface area contributed by atoms with Crippen LogP contribution in [0.2, 0.25) is 0 Å². The smallest absolute Gasteiger partial charge is 0.325 e. The molecule has 11 heteroatoms. The van der Waals surface area contributed by atoms with Gasteiger partial charge in [0.05, 0.1) is 6.04 Å². The molecule has 0 radical (unpaired) electrons. The Kier molecular flexibility index (Phi) is 9.43. The van der Waals surface area contributed by atoms with Gasteiger partial charge in [-0.2, -0.15) is 0 Å². The number of carbonyl (C=O) groups is 5.